The van der Waals surface area contributed by atoms with Gasteiger partial charge in [0.15, 0.2) is 0 Å². The first kappa shape index (κ1) is 14.2. The molecule has 2 aliphatic rings. The Morgan fingerprint density at radius 2 is 1.89 bits per heavy atom. The average Bonchev–Trinajstić information content (AvgIpc) is 3.01. The molecule has 5 nitrogen and oxygen atoms in total. The molecular formula is C14H25N3O2. The summed E-state index contributed by atoms with van der Waals surface area (Å²) in [7, 11) is 1.59. The quantitative estimate of drug-likeness (QED) is 0.678. The minimum Gasteiger partial charge on any atom is -0.359 e. The second kappa shape index (κ2) is 6.78. The third kappa shape index (κ3) is 4.11. The Bertz CT molecular complexity index is 333. The molecule has 3 amide bonds. The number of nitrogens with one attached hydrogen (secondary N) is 3. The summed E-state index contributed by atoms with van der Waals surface area (Å²) < 4.78 is 0. The highest BCUT2D eigenvalue weighted by Gasteiger charge is 2.38. The summed E-state index contributed by atoms with van der Waals surface area (Å²) in [5.41, 5.74) is 0. The van der Waals surface area contributed by atoms with Crippen LogP contribution in [0.4, 0.5) is 4.79 Å². The predicted octanol–water partition coefficient (Wildman–Crippen LogP) is 1.25. The van der Waals surface area contributed by atoms with Gasteiger partial charge < -0.3 is 16.0 Å². The standard InChI is InChI=1S/C14H25N3O2/c1-15-13(18)5-7-17-14(19)16-6-4-12-9-10-2-3-11(12)8-10/h10-12H,2-9H2,1H3,(H,15,18)(H2,16,17,19)/t10-,11-,12-/m0/s1. The molecular weight excluding hydrogens is 242 g/mol. The lowest BCUT2D eigenvalue weighted by Crippen LogP contribution is -2.38. The molecule has 2 rings (SSSR count). The molecule has 3 N–H and O–H groups in total. The highest BCUT2D eigenvalue weighted by atomic mass is 16.2. The molecule has 3 atom stereocenters. The third-order valence-electron chi connectivity index (χ3n) is 4.60. The number of hydrogen-bond donors (Lipinski definition) is 3. The van der Waals surface area contributed by atoms with Gasteiger partial charge >= 0.3 is 6.03 Å². The Labute approximate surface area is 114 Å². The van der Waals surface area contributed by atoms with Gasteiger partial charge in [-0.2, -0.15) is 0 Å². The number of urea groups is 1. The third-order valence-corrected chi connectivity index (χ3v) is 4.60. The van der Waals surface area contributed by atoms with E-state index in [1.54, 1.807) is 7.05 Å². The molecule has 108 valence electrons. The molecule has 0 aromatic heterocycles. The van der Waals surface area contributed by atoms with Crippen LogP contribution in [0.3, 0.4) is 0 Å². The van der Waals surface area contributed by atoms with E-state index >= 15 is 0 Å². The SMILES string of the molecule is CNC(=O)CCNC(=O)NCC[C@H]1C[C@H]2CC[C@H]1C2. The molecule has 2 saturated carbocycles. The molecule has 0 aromatic rings. The van der Waals surface area contributed by atoms with Gasteiger partial charge in [0.1, 0.15) is 0 Å². The first-order valence-corrected chi connectivity index (χ1v) is 7.41. The summed E-state index contributed by atoms with van der Waals surface area (Å²) in [4.78, 5) is 22.5. The van der Waals surface area contributed by atoms with Crippen molar-refractivity contribution >= 4 is 11.9 Å². The van der Waals surface area contributed by atoms with Crippen LogP contribution in [0.2, 0.25) is 0 Å². The van der Waals surface area contributed by atoms with E-state index in [9.17, 15) is 9.59 Å². The van der Waals surface area contributed by atoms with Gasteiger partial charge in [0.05, 0.1) is 0 Å². The molecule has 0 radical (unpaired) electrons. The summed E-state index contributed by atoms with van der Waals surface area (Å²) in [6.07, 6.45) is 7.04. The van der Waals surface area contributed by atoms with Gasteiger partial charge in [-0.25, -0.2) is 4.79 Å². The van der Waals surface area contributed by atoms with Crippen LogP contribution in [-0.4, -0.2) is 32.1 Å². The number of fused-ring (bicyclic) bond motifs is 2. The Balaban J connectivity index is 1.51. The van der Waals surface area contributed by atoms with Crippen LogP contribution < -0.4 is 16.0 Å². The molecule has 0 heterocycles. The van der Waals surface area contributed by atoms with Crippen LogP contribution in [-0.2, 0) is 4.79 Å². The first-order chi connectivity index (χ1) is 9.19. The maximum atomic E-state index is 11.5. The summed E-state index contributed by atoms with van der Waals surface area (Å²) in [5, 5.41) is 8.10. The minimum atomic E-state index is -0.160. The highest BCUT2D eigenvalue weighted by Crippen LogP contribution is 2.49. The Hall–Kier alpha value is -1.26. The Kier molecular flexibility index (Phi) is 5.05. The zero-order valence-corrected chi connectivity index (χ0v) is 11.7. The first-order valence-electron chi connectivity index (χ1n) is 7.41. The van der Waals surface area contributed by atoms with Crippen molar-refractivity contribution in [1.82, 2.24) is 16.0 Å². The van der Waals surface area contributed by atoms with E-state index in [0.717, 1.165) is 30.7 Å². The summed E-state index contributed by atoms with van der Waals surface area (Å²) in [6.45, 7) is 1.14. The maximum Gasteiger partial charge on any atom is 0.314 e. The lowest BCUT2D eigenvalue weighted by molar-refractivity contribution is -0.120. The van der Waals surface area contributed by atoms with E-state index in [2.05, 4.69) is 16.0 Å². The van der Waals surface area contributed by atoms with Crippen LogP contribution in [0.1, 0.15) is 38.5 Å². The zero-order chi connectivity index (χ0) is 13.7. The van der Waals surface area contributed by atoms with E-state index in [-0.39, 0.29) is 11.9 Å². The van der Waals surface area contributed by atoms with E-state index < -0.39 is 0 Å². The van der Waals surface area contributed by atoms with Crippen LogP contribution >= 0.6 is 0 Å². The van der Waals surface area contributed by atoms with Crippen molar-refractivity contribution in [1.29, 1.82) is 0 Å². The van der Waals surface area contributed by atoms with Gasteiger partial charge in [-0.1, -0.05) is 6.42 Å². The fraction of sp³-hybridized carbons (Fsp3) is 0.857. The minimum absolute atomic E-state index is 0.0534. The maximum absolute atomic E-state index is 11.5. The van der Waals surface area contributed by atoms with Gasteiger partial charge in [0.2, 0.25) is 5.91 Å². The second-order valence-corrected chi connectivity index (χ2v) is 5.83. The van der Waals surface area contributed by atoms with Crippen LogP contribution in [0.25, 0.3) is 0 Å². The predicted molar refractivity (Wildman–Crippen MR) is 73.6 cm³/mol. The Morgan fingerprint density at radius 1 is 1.11 bits per heavy atom. The van der Waals surface area contributed by atoms with Crippen molar-refractivity contribution in [3.8, 4) is 0 Å². The van der Waals surface area contributed by atoms with Gasteiger partial charge in [-0.3, -0.25) is 4.79 Å². The normalized spacial score (nSPS) is 28.2. The smallest absolute Gasteiger partial charge is 0.314 e. The molecule has 0 spiro atoms. The van der Waals surface area contributed by atoms with Crippen LogP contribution in [0, 0.1) is 17.8 Å². The summed E-state index contributed by atoms with van der Waals surface area (Å²) in [6, 6.07) is -0.160. The molecule has 0 unspecified atom stereocenters. The topological polar surface area (TPSA) is 70.2 Å². The van der Waals surface area contributed by atoms with Crippen molar-refractivity contribution in [2.75, 3.05) is 20.1 Å². The van der Waals surface area contributed by atoms with Crippen LogP contribution in [0.5, 0.6) is 0 Å². The Morgan fingerprint density at radius 3 is 2.53 bits per heavy atom. The van der Waals surface area contributed by atoms with Crippen molar-refractivity contribution in [2.24, 2.45) is 17.8 Å². The monoisotopic (exact) mass is 267 g/mol. The molecule has 0 aliphatic heterocycles. The second-order valence-electron chi connectivity index (χ2n) is 5.83. The fourth-order valence-corrected chi connectivity index (χ4v) is 3.58. The number of rotatable bonds is 6. The lowest BCUT2D eigenvalue weighted by atomic mass is 9.86. The molecule has 5 heteroatoms. The molecule has 2 bridgehead atoms. The van der Waals surface area contributed by atoms with Crippen molar-refractivity contribution < 1.29 is 9.59 Å². The number of carbonyl (C=O) groups excluding carboxylic acids is 2. The van der Waals surface area contributed by atoms with Gasteiger partial charge in [-0.15, -0.1) is 0 Å². The number of amides is 3. The fourth-order valence-electron chi connectivity index (χ4n) is 3.58. The molecule has 19 heavy (non-hydrogen) atoms. The largest absolute Gasteiger partial charge is 0.359 e. The van der Waals surface area contributed by atoms with Gasteiger partial charge in [0.25, 0.3) is 0 Å². The van der Waals surface area contributed by atoms with E-state index in [4.69, 9.17) is 0 Å². The molecule has 0 saturated heterocycles. The van der Waals surface area contributed by atoms with Crippen molar-refractivity contribution in [3.63, 3.8) is 0 Å². The average molecular weight is 267 g/mol. The zero-order valence-electron chi connectivity index (χ0n) is 11.7. The summed E-state index contributed by atoms with van der Waals surface area (Å²) >= 11 is 0. The molecule has 0 aromatic carbocycles. The van der Waals surface area contributed by atoms with E-state index in [1.807, 2.05) is 0 Å². The van der Waals surface area contributed by atoms with Gasteiger partial charge in [-0.05, 0) is 43.4 Å². The molecule has 2 fully saturated rings. The number of carbonyl (C=O) groups is 2. The lowest BCUT2D eigenvalue weighted by Gasteiger charge is -2.21. The van der Waals surface area contributed by atoms with Crippen molar-refractivity contribution in [2.45, 2.75) is 38.5 Å². The van der Waals surface area contributed by atoms with Gasteiger partial charge in [0, 0.05) is 26.6 Å². The summed E-state index contributed by atoms with van der Waals surface area (Å²) in [5.74, 6) is 2.66. The number of hydrogen-bond acceptors (Lipinski definition) is 2. The molecule has 2 aliphatic carbocycles. The van der Waals surface area contributed by atoms with E-state index in [0.29, 0.717) is 13.0 Å². The van der Waals surface area contributed by atoms with E-state index in [1.165, 1.54) is 25.7 Å². The highest BCUT2D eigenvalue weighted by molar-refractivity contribution is 5.77. The van der Waals surface area contributed by atoms with Crippen LogP contribution in [0.15, 0.2) is 0 Å². The van der Waals surface area contributed by atoms with Crippen molar-refractivity contribution in [3.05, 3.63) is 0 Å².